The zero-order valence-corrected chi connectivity index (χ0v) is 18.7. The largest absolute Gasteiger partial charge is 0.356 e. The summed E-state index contributed by atoms with van der Waals surface area (Å²) in [7, 11) is -1.45. The fraction of sp³-hybridized carbons (Fsp3) is 0.391. The second kappa shape index (κ2) is 10.9. The van der Waals surface area contributed by atoms with Crippen LogP contribution in [-0.4, -0.2) is 46.2 Å². The highest BCUT2D eigenvalue weighted by molar-refractivity contribution is 7.90. The van der Waals surface area contributed by atoms with Crippen LogP contribution in [0.4, 0.5) is 5.69 Å². The second-order valence-electron chi connectivity index (χ2n) is 7.60. The number of sulfone groups is 1. The van der Waals surface area contributed by atoms with Crippen molar-refractivity contribution in [2.24, 2.45) is 4.99 Å². The zero-order chi connectivity index (χ0) is 22.1. The fourth-order valence-corrected chi connectivity index (χ4v) is 4.95. The molecule has 2 aromatic rings. The first-order valence-electron chi connectivity index (χ1n) is 10.5. The van der Waals surface area contributed by atoms with E-state index in [-0.39, 0.29) is 17.4 Å². The predicted molar refractivity (Wildman–Crippen MR) is 125 cm³/mol. The molecule has 3 rings (SSSR count). The number of aliphatic imine (C=N–C) groups is 1. The van der Waals surface area contributed by atoms with Gasteiger partial charge in [0.05, 0.1) is 11.5 Å². The molecule has 1 heterocycles. The summed E-state index contributed by atoms with van der Waals surface area (Å²) in [6.07, 6.45) is 2.05. The van der Waals surface area contributed by atoms with Crippen LogP contribution >= 0.6 is 0 Å². The lowest BCUT2D eigenvalue weighted by Gasteiger charge is -2.16. The summed E-state index contributed by atoms with van der Waals surface area (Å²) >= 11 is 0. The van der Waals surface area contributed by atoms with Crippen LogP contribution in [0.3, 0.4) is 0 Å². The summed E-state index contributed by atoms with van der Waals surface area (Å²) in [5.74, 6) is 1.00. The molecule has 31 heavy (non-hydrogen) atoms. The topological polar surface area (TPSA) is 90.9 Å². The maximum Gasteiger partial charge on any atom is 0.227 e. The number of hydrogen-bond donors (Lipinski definition) is 2. The first kappa shape index (κ1) is 22.8. The van der Waals surface area contributed by atoms with Crippen LogP contribution < -0.4 is 15.5 Å². The van der Waals surface area contributed by atoms with E-state index in [1.807, 2.05) is 59.5 Å². The fourth-order valence-electron chi connectivity index (χ4n) is 3.52. The number of carbonyl (C=O) groups excluding carboxylic acids is 1. The summed E-state index contributed by atoms with van der Waals surface area (Å²) in [6, 6.07) is 17.2. The maximum atomic E-state index is 12.3. The van der Waals surface area contributed by atoms with Gasteiger partial charge in [-0.3, -0.25) is 9.79 Å². The van der Waals surface area contributed by atoms with Gasteiger partial charge >= 0.3 is 0 Å². The second-order valence-corrected chi connectivity index (χ2v) is 9.78. The van der Waals surface area contributed by atoms with Crippen LogP contribution in [-0.2, 0) is 26.9 Å². The Labute approximate surface area is 184 Å². The molecule has 0 saturated carbocycles. The number of rotatable bonds is 9. The van der Waals surface area contributed by atoms with Gasteiger partial charge in [-0.05, 0) is 36.1 Å². The minimum Gasteiger partial charge on any atom is -0.356 e. The molecule has 0 unspecified atom stereocenters. The molecule has 0 aromatic heterocycles. The molecule has 1 aliphatic rings. The van der Waals surface area contributed by atoms with Crippen LogP contribution in [0.2, 0.25) is 0 Å². The van der Waals surface area contributed by atoms with Gasteiger partial charge in [0.1, 0.15) is 0 Å². The van der Waals surface area contributed by atoms with E-state index in [0.717, 1.165) is 29.8 Å². The average Bonchev–Trinajstić information content (AvgIpc) is 3.20. The van der Waals surface area contributed by atoms with Gasteiger partial charge < -0.3 is 15.5 Å². The standard InChI is InChI=1S/C23H30N4O3S/c1-24-23(25-14-6-16-31(29,30)18-20-7-3-2-4-8-20)26-17-19-10-12-21(13-11-19)27-15-5-9-22(27)28/h2-4,7-8,10-13H,5-6,9,14-18H2,1H3,(H2,24,25,26). The molecule has 166 valence electrons. The van der Waals surface area contributed by atoms with Crippen molar-refractivity contribution < 1.29 is 13.2 Å². The van der Waals surface area contributed by atoms with Crippen molar-refractivity contribution in [1.29, 1.82) is 0 Å². The van der Waals surface area contributed by atoms with Gasteiger partial charge in [0.15, 0.2) is 15.8 Å². The molecule has 1 aliphatic heterocycles. The van der Waals surface area contributed by atoms with Crippen molar-refractivity contribution in [3.8, 4) is 0 Å². The molecule has 2 N–H and O–H groups in total. The quantitative estimate of drug-likeness (QED) is 0.354. The third-order valence-corrected chi connectivity index (χ3v) is 6.84. The number of nitrogens with one attached hydrogen (secondary N) is 2. The summed E-state index contributed by atoms with van der Waals surface area (Å²) in [4.78, 5) is 17.9. The van der Waals surface area contributed by atoms with Gasteiger partial charge in [0, 0.05) is 38.8 Å². The summed E-state index contributed by atoms with van der Waals surface area (Å²) < 4.78 is 24.5. The Morgan fingerprint density at radius 3 is 2.42 bits per heavy atom. The molecular formula is C23H30N4O3S. The van der Waals surface area contributed by atoms with E-state index in [1.54, 1.807) is 7.05 Å². The smallest absolute Gasteiger partial charge is 0.227 e. The highest BCUT2D eigenvalue weighted by Crippen LogP contribution is 2.21. The van der Waals surface area contributed by atoms with Crippen LogP contribution in [0, 0.1) is 0 Å². The summed E-state index contributed by atoms with van der Waals surface area (Å²) in [5, 5.41) is 6.39. The van der Waals surface area contributed by atoms with Crippen LogP contribution in [0.1, 0.15) is 30.4 Å². The maximum absolute atomic E-state index is 12.3. The lowest BCUT2D eigenvalue weighted by Crippen LogP contribution is -2.37. The Morgan fingerprint density at radius 1 is 1.03 bits per heavy atom. The van der Waals surface area contributed by atoms with Crippen molar-refractivity contribution in [3.05, 3.63) is 65.7 Å². The number of carbonyl (C=O) groups is 1. The Hall–Kier alpha value is -2.87. The third kappa shape index (κ3) is 7.10. The molecule has 0 spiro atoms. The normalized spacial score (nSPS) is 14.7. The van der Waals surface area contributed by atoms with E-state index in [1.165, 1.54) is 0 Å². The van der Waals surface area contributed by atoms with E-state index in [9.17, 15) is 13.2 Å². The minimum absolute atomic E-state index is 0.0693. The molecule has 1 saturated heterocycles. The Balaban J connectivity index is 1.39. The van der Waals surface area contributed by atoms with E-state index in [2.05, 4.69) is 15.6 Å². The summed E-state index contributed by atoms with van der Waals surface area (Å²) in [5.41, 5.74) is 2.82. The lowest BCUT2D eigenvalue weighted by molar-refractivity contribution is -0.117. The molecule has 1 fully saturated rings. The molecule has 1 amide bonds. The SMILES string of the molecule is CN=C(NCCCS(=O)(=O)Cc1ccccc1)NCc1ccc(N2CCCC2=O)cc1. The van der Waals surface area contributed by atoms with Gasteiger partial charge in [0.25, 0.3) is 0 Å². The molecule has 0 bridgehead atoms. The molecular weight excluding hydrogens is 412 g/mol. The molecule has 0 aliphatic carbocycles. The molecule has 8 heteroatoms. The van der Waals surface area contributed by atoms with Gasteiger partial charge in [-0.25, -0.2) is 8.42 Å². The summed E-state index contributed by atoms with van der Waals surface area (Å²) in [6.45, 7) is 1.89. The Kier molecular flexibility index (Phi) is 8.06. The van der Waals surface area contributed by atoms with Crippen molar-refractivity contribution in [2.75, 3.05) is 30.8 Å². The highest BCUT2D eigenvalue weighted by atomic mass is 32.2. The number of guanidine groups is 1. The predicted octanol–water partition coefficient (Wildman–Crippen LogP) is 2.48. The van der Waals surface area contributed by atoms with Crippen LogP contribution in [0.25, 0.3) is 0 Å². The van der Waals surface area contributed by atoms with Crippen molar-refractivity contribution in [2.45, 2.75) is 31.6 Å². The highest BCUT2D eigenvalue weighted by Gasteiger charge is 2.21. The molecule has 7 nitrogen and oxygen atoms in total. The van der Waals surface area contributed by atoms with Crippen molar-refractivity contribution >= 4 is 27.4 Å². The Morgan fingerprint density at radius 2 is 1.77 bits per heavy atom. The van der Waals surface area contributed by atoms with E-state index in [4.69, 9.17) is 0 Å². The molecule has 2 aromatic carbocycles. The van der Waals surface area contributed by atoms with E-state index < -0.39 is 9.84 Å². The van der Waals surface area contributed by atoms with E-state index >= 15 is 0 Å². The number of benzene rings is 2. The number of hydrogen-bond acceptors (Lipinski definition) is 4. The Bertz CT molecular complexity index is 989. The third-order valence-electron chi connectivity index (χ3n) is 5.16. The number of nitrogens with zero attached hydrogens (tertiary/aromatic N) is 2. The van der Waals surface area contributed by atoms with Gasteiger partial charge in [0.2, 0.25) is 5.91 Å². The van der Waals surface area contributed by atoms with E-state index in [0.29, 0.717) is 31.9 Å². The molecule has 0 radical (unpaired) electrons. The van der Waals surface area contributed by atoms with Gasteiger partial charge in [-0.2, -0.15) is 0 Å². The minimum atomic E-state index is -3.14. The zero-order valence-electron chi connectivity index (χ0n) is 17.9. The molecule has 0 atom stereocenters. The number of anilines is 1. The number of amides is 1. The van der Waals surface area contributed by atoms with Crippen LogP contribution in [0.5, 0.6) is 0 Å². The van der Waals surface area contributed by atoms with Crippen LogP contribution in [0.15, 0.2) is 59.6 Å². The monoisotopic (exact) mass is 442 g/mol. The average molecular weight is 443 g/mol. The first-order chi connectivity index (χ1) is 15.0. The first-order valence-corrected chi connectivity index (χ1v) is 12.4. The lowest BCUT2D eigenvalue weighted by atomic mass is 10.2. The van der Waals surface area contributed by atoms with Crippen molar-refractivity contribution in [1.82, 2.24) is 10.6 Å². The van der Waals surface area contributed by atoms with Gasteiger partial charge in [-0.1, -0.05) is 42.5 Å². The van der Waals surface area contributed by atoms with Gasteiger partial charge in [-0.15, -0.1) is 0 Å². The van der Waals surface area contributed by atoms with Crippen molar-refractivity contribution in [3.63, 3.8) is 0 Å².